The van der Waals surface area contributed by atoms with Crippen LogP contribution in [0.25, 0.3) is 22.5 Å². The summed E-state index contributed by atoms with van der Waals surface area (Å²) in [6.45, 7) is 2.05. The molecule has 0 spiro atoms. The summed E-state index contributed by atoms with van der Waals surface area (Å²) in [5, 5.41) is 4.10. The molecule has 0 aliphatic carbocycles. The molecule has 122 valence electrons. The van der Waals surface area contributed by atoms with Gasteiger partial charge in [-0.05, 0) is 29.7 Å². The van der Waals surface area contributed by atoms with E-state index in [0.717, 1.165) is 11.1 Å². The summed E-state index contributed by atoms with van der Waals surface area (Å²) in [7, 11) is 0. The molecule has 3 heteroatoms. The molecule has 0 saturated carbocycles. The number of hydrogen-bond acceptors (Lipinski definition) is 3. The van der Waals surface area contributed by atoms with E-state index in [0.29, 0.717) is 18.1 Å². The normalized spacial score (nSPS) is 10.8. The molecule has 0 unspecified atom stereocenters. The highest BCUT2D eigenvalue weighted by Crippen LogP contribution is 2.21. The predicted molar refractivity (Wildman–Crippen MR) is 99.2 cm³/mol. The van der Waals surface area contributed by atoms with Crippen molar-refractivity contribution >= 4 is 0 Å². The predicted octanol–water partition coefficient (Wildman–Crippen LogP) is 5.30. The van der Waals surface area contributed by atoms with E-state index in [4.69, 9.17) is 4.52 Å². The average Bonchev–Trinajstić information content (AvgIpc) is 3.12. The second kappa shape index (κ2) is 6.73. The van der Waals surface area contributed by atoms with Crippen molar-refractivity contribution < 1.29 is 4.52 Å². The minimum atomic E-state index is 0.629. The molecule has 3 nitrogen and oxygen atoms in total. The van der Waals surface area contributed by atoms with Crippen LogP contribution in [0.15, 0.2) is 83.4 Å². The van der Waals surface area contributed by atoms with Crippen LogP contribution in [-0.2, 0) is 6.42 Å². The molecule has 4 aromatic rings. The molecule has 0 aliphatic heterocycles. The minimum absolute atomic E-state index is 0.629. The summed E-state index contributed by atoms with van der Waals surface area (Å²) in [6.07, 6.45) is 0.633. The molecular weight excluding hydrogens is 308 g/mol. The third-order valence-corrected chi connectivity index (χ3v) is 4.16. The van der Waals surface area contributed by atoms with Gasteiger partial charge in [0, 0.05) is 5.56 Å². The highest BCUT2D eigenvalue weighted by Gasteiger charge is 2.09. The lowest BCUT2D eigenvalue weighted by atomic mass is 10.0. The van der Waals surface area contributed by atoms with Gasteiger partial charge in [-0.25, -0.2) is 0 Å². The first-order chi connectivity index (χ1) is 12.3. The second-order valence-corrected chi connectivity index (χ2v) is 6.12. The molecule has 25 heavy (non-hydrogen) atoms. The van der Waals surface area contributed by atoms with E-state index >= 15 is 0 Å². The van der Waals surface area contributed by atoms with Gasteiger partial charge in [-0.3, -0.25) is 0 Å². The van der Waals surface area contributed by atoms with E-state index in [2.05, 4.69) is 77.7 Å². The van der Waals surface area contributed by atoms with Crippen LogP contribution in [0, 0.1) is 6.92 Å². The van der Waals surface area contributed by atoms with Gasteiger partial charge >= 0.3 is 0 Å². The molecule has 0 radical (unpaired) electrons. The first-order valence-corrected chi connectivity index (χ1v) is 8.32. The van der Waals surface area contributed by atoms with E-state index in [1.165, 1.54) is 16.7 Å². The van der Waals surface area contributed by atoms with E-state index in [9.17, 15) is 0 Å². The number of aryl methyl sites for hydroxylation is 1. The molecule has 4 rings (SSSR count). The van der Waals surface area contributed by atoms with Gasteiger partial charge in [-0.2, -0.15) is 4.98 Å². The molecule has 1 aromatic heterocycles. The monoisotopic (exact) mass is 326 g/mol. The standard InChI is InChI=1S/C22H18N2O/c1-16-6-5-9-20(14-16)22-23-21(25-24-22)15-17-10-12-19(13-11-17)18-7-3-2-4-8-18/h2-14H,15H2,1H3. The van der Waals surface area contributed by atoms with Crippen molar-refractivity contribution in [1.82, 2.24) is 10.1 Å². The highest BCUT2D eigenvalue weighted by molar-refractivity contribution is 5.63. The maximum absolute atomic E-state index is 5.42. The molecule has 0 amide bonds. The number of benzene rings is 3. The summed E-state index contributed by atoms with van der Waals surface area (Å²) < 4.78 is 5.42. The van der Waals surface area contributed by atoms with Crippen LogP contribution in [0.4, 0.5) is 0 Å². The molecule has 0 bridgehead atoms. The molecule has 0 saturated heterocycles. The Morgan fingerprint density at radius 1 is 0.760 bits per heavy atom. The van der Waals surface area contributed by atoms with Gasteiger partial charge in [-0.15, -0.1) is 0 Å². The zero-order chi connectivity index (χ0) is 17.1. The Balaban J connectivity index is 1.51. The Morgan fingerprint density at radius 3 is 2.24 bits per heavy atom. The number of aromatic nitrogens is 2. The summed E-state index contributed by atoms with van der Waals surface area (Å²) in [4.78, 5) is 4.52. The zero-order valence-corrected chi connectivity index (χ0v) is 14.0. The number of rotatable bonds is 4. The van der Waals surface area contributed by atoms with Crippen LogP contribution in [0.2, 0.25) is 0 Å². The maximum atomic E-state index is 5.42. The Bertz CT molecular complexity index is 972. The topological polar surface area (TPSA) is 38.9 Å². The van der Waals surface area contributed by atoms with Crippen molar-refractivity contribution in [2.24, 2.45) is 0 Å². The van der Waals surface area contributed by atoms with E-state index in [-0.39, 0.29) is 0 Å². The van der Waals surface area contributed by atoms with Crippen molar-refractivity contribution in [3.05, 3.63) is 95.9 Å². The fourth-order valence-electron chi connectivity index (χ4n) is 2.85. The molecule has 0 fully saturated rings. The van der Waals surface area contributed by atoms with Crippen LogP contribution in [0.5, 0.6) is 0 Å². The Morgan fingerprint density at radius 2 is 1.48 bits per heavy atom. The Hall–Kier alpha value is -3.20. The van der Waals surface area contributed by atoms with Crippen LogP contribution in [0.1, 0.15) is 17.0 Å². The summed E-state index contributed by atoms with van der Waals surface area (Å²) in [6, 6.07) is 26.9. The zero-order valence-electron chi connectivity index (χ0n) is 14.0. The minimum Gasteiger partial charge on any atom is -0.339 e. The molecular formula is C22H18N2O. The molecule has 0 N–H and O–H groups in total. The SMILES string of the molecule is Cc1cccc(-c2noc(Cc3ccc(-c4ccccc4)cc3)n2)c1. The largest absolute Gasteiger partial charge is 0.339 e. The van der Waals surface area contributed by atoms with E-state index in [1.807, 2.05) is 18.2 Å². The van der Waals surface area contributed by atoms with Gasteiger partial charge in [0.1, 0.15) is 0 Å². The van der Waals surface area contributed by atoms with Crippen LogP contribution in [-0.4, -0.2) is 10.1 Å². The quantitative estimate of drug-likeness (QED) is 0.510. The van der Waals surface area contributed by atoms with Crippen molar-refractivity contribution in [3.8, 4) is 22.5 Å². The summed E-state index contributed by atoms with van der Waals surface area (Å²) in [5.74, 6) is 1.27. The lowest BCUT2D eigenvalue weighted by Crippen LogP contribution is -1.89. The smallest absolute Gasteiger partial charge is 0.231 e. The molecule has 0 atom stereocenters. The van der Waals surface area contributed by atoms with Gasteiger partial charge in [0.25, 0.3) is 0 Å². The van der Waals surface area contributed by atoms with E-state index < -0.39 is 0 Å². The second-order valence-electron chi connectivity index (χ2n) is 6.12. The van der Waals surface area contributed by atoms with Crippen LogP contribution in [0.3, 0.4) is 0 Å². The molecule has 3 aromatic carbocycles. The highest BCUT2D eigenvalue weighted by atomic mass is 16.5. The third-order valence-electron chi connectivity index (χ3n) is 4.16. The third kappa shape index (κ3) is 3.50. The molecule has 1 heterocycles. The van der Waals surface area contributed by atoms with Crippen molar-refractivity contribution in [2.75, 3.05) is 0 Å². The van der Waals surface area contributed by atoms with Crippen molar-refractivity contribution in [3.63, 3.8) is 0 Å². The average molecular weight is 326 g/mol. The van der Waals surface area contributed by atoms with Gasteiger partial charge in [0.15, 0.2) is 0 Å². The van der Waals surface area contributed by atoms with Gasteiger partial charge in [-0.1, -0.05) is 83.5 Å². The molecule has 0 aliphatic rings. The fourth-order valence-corrected chi connectivity index (χ4v) is 2.85. The number of nitrogens with zero attached hydrogens (tertiary/aromatic N) is 2. The van der Waals surface area contributed by atoms with Gasteiger partial charge < -0.3 is 4.52 Å². The maximum Gasteiger partial charge on any atom is 0.231 e. The Kier molecular flexibility index (Phi) is 4.13. The van der Waals surface area contributed by atoms with Crippen LogP contribution >= 0.6 is 0 Å². The summed E-state index contributed by atoms with van der Waals surface area (Å²) in [5.41, 5.74) is 5.73. The lowest BCUT2D eigenvalue weighted by molar-refractivity contribution is 0.385. The van der Waals surface area contributed by atoms with Gasteiger partial charge in [0.05, 0.1) is 6.42 Å². The van der Waals surface area contributed by atoms with Gasteiger partial charge in [0.2, 0.25) is 11.7 Å². The first-order valence-electron chi connectivity index (χ1n) is 8.32. The lowest BCUT2D eigenvalue weighted by Gasteiger charge is -2.02. The number of hydrogen-bond donors (Lipinski definition) is 0. The van der Waals surface area contributed by atoms with Crippen molar-refractivity contribution in [2.45, 2.75) is 13.3 Å². The van der Waals surface area contributed by atoms with Crippen LogP contribution < -0.4 is 0 Å². The van der Waals surface area contributed by atoms with E-state index in [1.54, 1.807) is 0 Å². The Labute approximate surface area is 147 Å². The van der Waals surface area contributed by atoms with Crippen molar-refractivity contribution in [1.29, 1.82) is 0 Å². The first kappa shape index (κ1) is 15.3. The fraction of sp³-hybridized carbons (Fsp3) is 0.0909. The summed E-state index contributed by atoms with van der Waals surface area (Å²) >= 11 is 0.